The molecule has 0 amide bonds. The van der Waals surface area contributed by atoms with Crippen LogP contribution in [0.1, 0.15) is 25.0 Å². The van der Waals surface area contributed by atoms with Crippen molar-refractivity contribution in [1.82, 2.24) is 0 Å². The van der Waals surface area contributed by atoms with Gasteiger partial charge >= 0.3 is 0 Å². The first-order chi connectivity index (χ1) is 27.0. The molecule has 2 nitrogen and oxygen atoms in total. The van der Waals surface area contributed by atoms with E-state index in [4.69, 9.17) is 4.42 Å². The lowest BCUT2D eigenvalue weighted by molar-refractivity contribution is 0.660. The van der Waals surface area contributed by atoms with Crippen LogP contribution in [-0.4, -0.2) is 0 Å². The summed E-state index contributed by atoms with van der Waals surface area (Å²) in [4.78, 5) is 2.44. The Bertz CT molecular complexity index is 3120. The maximum Gasteiger partial charge on any atom is 0.136 e. The van der Waals surface area contributed by atoms with Crippen LogP contribution >= 0.6 is 0 Å². The third-order valence-corrected chi connectivity index (χ3v) is 11.8. The molecule has 0 fully saturated rings. The van der Waals surface area contributed by atoms with Crippen LogP contribution in [0.3, 0.4) is 0 Å². The number of anilines is 3. The Kier molecular flexibility index (Phi) is 6.93. The standard InChI is InChI=1S/C53H37NO/c1-53(2)48-19-8-5-15-43(48)44-29-28-40(33-49(44)53)54(50-20-9-6-16-45(50)42-18-11-13-35-12-3-4-14-41(35)42)39-26-24-34(25-27-39)36-22-23-37-31-47-46-17-7-10-21-51(46)55-52(47)32-38(37)30-36/h3-33H,1-2H3. The molecule has 0 saturated heterocycles. The maximum atomic E-state index is 6.25. The SMILES string of the molecule is CC1(C)c2ccccc2-c2ccc(N(c3ccc(-c4ccc5cc6c(cc5c4)oc4ccccc46)cc3)c3ccccc3-c3cccc4ccccc34)cc21. The largest absolute Gasteiger partial charge is 0.456 e. The Morgan fingerprint density at radius 2 is 1.05 bits per heavy atom. The molecule has 10 aromatic rings. The second kappa shape index (κ2) is 12.1. The smallest absolute Gasteiger partial charge is 0.136 e. The number of hydrogen-bond donors (Lipinski definition) is 0. The van der Waals surface area contributed by atoms with E-state index in [9.17, 15) is 0 Å². The molecule has 0 saturated carbocycles. The molecule has 260 valence electrons. The van der Waals surface area contributed by atoms with Gasteiger partial charge in [0.05, 0.1) is 5.69 Å². The summed E-state index contributed by atoms with van der Waals surface area (Å²) in [6.07, 6.45) is 0. The van der Waals surface area contributed by atoms with E-state index in [2.05, 4.69) is 195 Å². The third kappa shape index (κ3) is 4.95. The minimum absolute atomic E-state index is 0.114. The molecule has 1 aliphatic rings. The van der Waals surface area contributed by atoms with Gasteiger partial charge in [-0.15, -0.1) is 0 Å². The van der Waals surface area contributed by atoms with Crippen LogP contribution < -0.4 is 4.90 Å². The first-order valence-corrected chi connectivity index (χ1v) is 19.1. The fraction of sp³-hybridized carbons (Fsp3) is 0.0566. The lowest BCUT2D eigenvalue weighted by Crippen LogP contribution is -2.16. The van der Waals surface area contributed by atoms with Gasteiger partial charge in [0.25, 0.3) is 0 Å². The van der Waals surface area contributed by atoms with Gasteiger partial charge in [-0.05, 0) is 115 Å². The van der Waals surface area contributed by atoms with Crippen LogP contribution in [0.5, 0.6) is 0 Å². The number of fused-ring (bicyclic) bond motifs is 8. The fourth-order valence-corrected chi connectivity index (χ4v) is 9.07. The summed E-state index contributed by atoms with van der Waals surface area (Å²) in [7, 11) is 0. The Hall–Kier alpha value is -6.90. The second-order valence-corrected chi connectivity index (χ2v) is 15.3. The van der Waals surface area contributed by atoms with Gasteiger partial charge in [0.15, 0.2) is 0 Å². The van der Waals surface area contributed by atoms with E-state index >= 15 is 0 Å². The first-order valence-electron chi connectivity index (χ1n) is 19.1. The summed E-state index contributed by atoms with van der Waals surface area (Å²) >= 11 is 0. The van der Waals surface area contributed by atoms with E-state index in [1.165, 1.54) is 66.1 Å². The van der Waals surface area contributed by atoms with Crippen LogP contribution in [0.2, 0.25) is 0 Å². The van der Waals surface area contributed by atoms with Gasteiger partial charge in [0, 0.05) is 33.1 Å². The van der Waals surface area contributed by atoms with Gasteiger partial charge in [-0.2, -0.15) is 0 Å². The summed E-state index contributed by atoms with van der Waals surface area (Å²) in [5.41, 5.74) is 15.3. The minimum atomic E-state index is -0.114. The molecule has 11 rings (SSSR count). The van der Waals surface area contributed by atoms with Crippen molar-refractivity contribution >= 4 is 60.5 Å². The number of rotatable bonds is 5. The maximum absolute atomic E-state index is 6.25. The van der Waals surface area contributed by atoms with Crippen molar-refractivity contribution in [2.24, 2.45) is 0 Å². The Balaban J connectivity index is 1.06. The molecule has 0 atom stereocenters. The zero-order valence-corrected chi connectivity index (χ0v) is 30.8. The molecule has 1 aliphatic carbocycles. The summed E-state index contributed by atoms with van der Waals surface area (Å²) in [6, 6.07) is 68.6. The zero-order valence-electron chi connectivity index (χ0n) is 30.8. The van der Waals surface area contributed by atoms with Gasteiger partial charge in [-0.1, -0.05) is 147 Å². The molecule has 0 spiro atoms. The monoisotopic (exact) mass is 703 g/mol. The van der Waals surface area contributed by atoms with Crippen LogP contribution in [0.25, 0.3) is 76.9 Å². The van der Waals surface area contributed by atoms with E-state index in [-0.39, 0.29) is 5.41 Å². The Morgan fingerprint density at radius 1 is 0.382 bits per heavy atom. The molecular formula is C53H37NO. The van der Waals surface area contributed by atoms with Crippen LogP contribution in [0.4, 0.5) is 17.1 Å². The summed E-state index contributed by atoms with van der Waals surface area (Å²) < 4.78 is 6.25. The number of furan rings is 1. The highest BCUT2D eigenvalue weighted by Crippen LogP contribution is 2.51. The molecule has 0 radical (unpaired) electrons. The molecule has 1 aromatic heterocycles. The number of nitrogens with zero attached hydrogens (tertiary/aromatic N) is 1. The summed E-state index contributed by atoms with van der Waals surface area (Å²) in [6.45, 7) is 4.71. The van der Waals surface area contributed by atoms with Gasteiger partial charge in [-0.25, -0.2) is 0 Å². The highest BCUT2D eigenvalue weighted by atomic mass is 16.3. The number of hydrogen-bond acceptors (Lipinski definition) is 2. The fourth-order valence-electron chi connectivity index (χ4n) is 9.07. The average Bonchev–Trinajstić information content (AvgIpc) is 3.71. The normalized spacial score (nSPS) is 13.1. The highest BCUT2D eigenvalue weighted by Gasteiger charge is 2.36. The Morgan fingerprint density at radius 3 is 1.95 bits per heavy atom. The van der Waals surface area contributed by atoms with Gasteiger partial charge in [-0.3, -0.25) is 0 Å². The molecule has 9 aromatic carbocycles. The minimum Gasteiger partial charge on any atom is -0.456 e. The predicted molar refractivity (Wildman–Crippen MR) is 232 cm³/mol. The molecule has 1 heterocycles. The molecule has 0 unspecified atom stereocenters. The number of benzene rings is 9. The molecule has 0 N–H and O–H groups in total. The molecular weight excluding hydrogens is 667 g/mol. The average molecular weight is 704 g/mol. The Labute approximate surface area is 320 Å². The van der Waals surface area contributed by atoms with E-state index in [0.717, 1.165) is 39.0 Å². The second-order valence-electron chi connectivity index (χ2n) is 15.3. The highest BCUT2D eigenvalue weighted by molar-refractivity contribution is 6.10. The molecule has 2 heteroatoms. The van der Waals surface area contributed by atoms with Gasteiger partial charge in [0.1, 0.15) is 11.2 Å². The molecule has 55 heavy (non-hydrogen) atoms. The van der Waals surface area contributed by atoms with Crippen molar-refractivity contribution in [2.75, 3.05) is 4.90 Å². The quantitative estimate of drug-likeness (QED) is 0.177. The van der Waals surface area contributed by atoms with Crippen molar-refractivity contribution in [1.29, 1.82) is 0 Å². The van der Waals surface area contributed by atoms with E-state index in [1.54, 1.807) is 0 Å². The predicted octanol–water partition coefficient (Wildman–Crippen LogP) is 15.0. The van der Waals surface area contributed by atoms with Crippen LogP contribution in [0.15, 0.2) is 192 Å². The van der Waals surface area contributed by atoms with Gasteiger partial charge < -0.3 is 9.32 Å². The van der Waals surface area contributed by atoms with Crippen LogP contribution in [-0.2, 0) is 5.41 Å². The van der Waals surface area contributed by atoms with Crippen molar-refractivity contribution in [3.63, 3.8) is 0 Å². The summed E-state index contributed by atoms with van der Waals surface area (Å²) in [5.74, 6) is 0. The first kappa shape index (κ1) is 31.6. The van der Waals surface area contributed by atoms with Crippen molar-refractivity contribution in [2.45, 2.75) is 19.3 Å². The summed E-state index contributed by atoms with van der Waals surface area (Å²) in [5, 5.41) is 7.16. The van der Waals surface area contributed by atoms with E-state index in [1.807, 2.05) is 12.1 Å². The zero-order chi connectivity index (χ0) is 36.7. The number of para-hydroxylation sites is 2. The van der Waals surface area contributed by atoms with E-state index in [0.29, 0.717) is 0 Å². The van der Waals surface area contributed by atoms with Gasteiger partial charge in [0.2, 0.25) is 0 Å². The van der Waals surface area contributed by atoms with Crippen LogP contribution in [0, 0.1) is 0 Å². The lowest BCUT2D eigenvalue weighted by atomic mass is 9.82. The van der Waals surface area contributed by atoms with Crippen molar-refractivity contribution in [3.8, 4) is 33.4 Å². The van der Waals surface area contributed by atoms with E-state index < -0.39 is 0 Å². The third-order valence-electron chi connectivity index (χ3n) is 11.8. The lowest BCUT2D eigenvalue weighted by Gasteiger charge is -2.30. The van der Waals surface area contributed by atoms with Crippen molar-refractivity contribution < 1.29 is 4.42 Å². The topological polar surface area (TPSA) is 16.4 Å². The molecule has 0 aliphatic heterocycles. The van der Waals surface area contributed by atoms with Crippen molar-refractivity contribution in [3.05, 3.63) is 199 Å². The molecule has 0 bridgehead atoms.